The average molecular weight is 300 g/mol. The summed E-state index contributed by atoms with van der Waals surface area (Å²) >= 11 is 0. The van der Waals surface area contributed by atoms with Gasteiger partial charge >= 0.3 is 0 Å². The van der Waals surface area contributed by atoms with Gasteiger partial charge in [0.2, 0.25) is 11.8 Å². The maximum atomic E-state index is 12.6. The molecule has 0 saturated carbocycles. The van der Waals surface area contributed by atoms with Crippen molar-refractivity contribution >= 4 is 23.2 Å². The van der Waals surface area contributed by atoms with Crippen LogP contribution in [0.2, 0.25) is 0 Å². The molecule has 22 heavy (non-hydrogen) atoms. The van der Waals surface area contributed by atoms with E-state index in [-0.39, 0.29) is 35.4 Å². The van der Waals surface area contributed by atoms with Crippen LogP contribution in [0, 0.1) is 28.9 Å². The van der Waals surface area contributed by atoms with E-state index in [2.05, 4.69) is 0 Å². The van der Waals surface area contributed by atoms with Crippen LogP contribution >= 0.6 is 0 Å². The standard InChI is InChI=1S/C15H12N2O5/c1-7-2-3-8(17(20)21)6-9(7)16-14(18)12-10-4-5-11(22-10)13(12)15(16)19/h2-6,10-13H,1H3/t10-,11-,12-,13+/m0/s1. The minimum absolute atomic E-state index is 0.143. The highest BCUT2D eigenvalue weighted by Crippen LogP contribution is 2.46. The molecule has 4 rings (SSSR count). The molecule has 0 radical (unpaired) electrons. The molecule has 1 aromatic rings. The minimum atomic E-state index is -0.539. The van der Waals surface area contributed by atoms with E-state index in [0.29, 0.717) is 5.56 Å². The second kappa shape index (κ2) is 4.23. The van der Waals surface area contributed by atoms with Gasteiger partial charge in [-0.05, 0) is 12.5 Å². The summed E-state index contributed by atoms with van der Waals surface area (Å²) in [5.74, 6) is -1.70. The number of rotatable bonds is 2. The Bertz CT molecular complexity index is 726. The number of nitrogens with zero attached hydrogens (tertiary/aromatic N) is 2. The quantitative estimate of drug-likeness (QED) is 0.356. The van der Waals surface area contributed by atoms with Gasteiger partial charge in [-0.15, -0.1) is 0 Å². The van der Waals surface area contributed by atoms with Crippen molar-refractivity contribution in [3.8, 4) is 0 Å². The van der Waals surface area contributed by atoms with E-state index in [1.54, 1.807) is 25.1 Å². The molecule has 4 atom stereocenters. The van der Waals surface area contributed by atoms with Gasteiger partial charge in [-0.25, -0.2) is 4.90 Å². The number of amides is 2. The fourth-order valence-corrected chi connectivity index (χ4v) is 3.49. The topological polar surface area (TPSA) is 89.8 Å². The molecule has 1 aromatic carbocycles. The summed E-state index contributed by atoms with van der Waals surface area (Å²) in [6.45, 7) is 1.72. The Morgan fingerprint density at radius 3 is 2.27 bits per heavy atom. The van der Waals surface area contributed by atoms with E-state index in [0.717, 1.165) is 4.90 Å². The van der Waals surface area contributed by atoms with E-state index in [4.69, 9.17) is 4.74 Å². The maximum absolute atomic E-state index is 12.6. The molecule has 3 aliphatic rings. The zero-order chi connectivity index (χ0) is 15.6. The first kappa shape index (κ1) is 13.1. The van der Waals surface area contributed by atoms with Gasteiger partial charge in [0.15, 0.2) is 0 Å². The van der Waals surface area contributed by atoms with Crippen LogP contribution in [0.3, 0.4) is 0 Å². The van der Waals surface area contributed by atoms with E-state index in [1.165, 1.54) is 12.1 Å². The van der Waals surface area contributed by atoms with Gasteiger partial charge < -0.3 is 4.74 Å². The SMILES string of the molecule is Cc1ccc([N+](=O)[O-])cc1N1C(=O)[C@@H]2[C@H](C1=O)[C@@H]1C=C[C@@H]2O1. The number of carbonyl (C=O) groups is 2. The summed E-state index contributed by atoms with van der Waals surface area (Å²) in [5, 5.41) is 10.9. The molecular formula is C15H12N2O5. The first-order valence-corrected chi connectivity index (χ1v) is 6.95. The zero-order valence-corrected chi connectivity index (χ0v) is 11.6. The first-order valence-electron chi connectivity index (χ1n) is 6.95. The lowest BCUT2D eigenvalue weighted by molar-refractivity contribution is -0.384. The fourth-order valence-electron chi connectivity index (χ4n) is 3.49. The summed E-state index contributed by atoms with van der Waals surface area (Å²) in [5.41, 5.74) is 0.794. The normalized spacial score (nSPS) is 32.0. The van der Waals surface area contributed by atoms with Crippen molar-refractivity contribution in [2.75, 3.05) is 4.90 Å². The number of nitro benzene ring substituents is 1. The molecule has 2 saturated heterocycles. The van der Waals surface area contributed by atoms with Crippen molar-refractivity contribution in [3.63, 3.8) is 0 Å². The Morgan fingerprint density at radius 2 is 1.73 bits per heavy atom. The van der Waals surface area contributed by atoms with Gasteiger partial charge in [0.25, 0.3) is 5.69 Å². The Balaban J connectivity index is 1.79. The third kappa shape index (κ3) is 1.54. The van der Waals surface area contributed by atoms with Crippen LogP contribution in [-0.4, -0.2) is 28.9 Å². The highest BCUT2D eigenvalue weighted by Gasteiger charge is 2.61. The van der Waals surface area contributed by atoms with Crippen LogP contribution in [0.1, 0.15) is 5.56 Å². The second-order valence-corrected chi connectivity index (χ2v) is 5.74. The number of aryl methyl sites for hydroxylation is 1. The van der Waals surface area contributed by atoms with E-state index in [9.17, 15) is 19.7 Å². The van der Waals surface area contributed by atoms with Crippen molar-refractivity contribution in [2.45, 2.75) is 19.1 Å². The van der Waals surface area contributed by atoms with Crippen molar-refractivity contribution in [1.82, 2.24) is 0 Å². The molecule has 0 aromatic heterocycles. The predicted octanol–water partition coefficient (Wildman–Crippen LogP) is 1.35. The Morgan fingerprint density at radius 1 is 1.14 bits per heavy atom. The highest BCUT2D eigenvalue weighted by molar-refractivity contribution is 6.23. The number of hydrogen-bond acceptors (Lipinski definition) is 5. The zero-order valence-electron chi connectivity index (χ0n) is 11.6. The number of non-ortho nitro benzene ring substituents is 1. The number of nitro groups is 1. The van der Waals surface area contributed by atoms with Crippen LogP contribution in [-0.2, 0) is 14.3 Å². The van der Waals surface area contributed by atoms with Crippen molar-refractivity contribution in [1.29, 1.82) is 0 Å². The number of carbonyl (C=O) groups excluding carboxylic acids is 2. The number of imide groups is 1. The summed E-state index contributed by atoms with van der Waals surface area (Å²) in [6, 6.07) is 4.19. The van der Waals surface area contributed by atoms with Gasteiger partial charge in [-0.1, -0.05) is 18.2 Å². The summed E-state index contributed by atoms with van der Waals surface area (Å²) in [7, 11) is 0. The van der Waals surface area contributed by atoms with Gasteiger partial charge in [0.05, 0.1) is 34.7 Å². The lowest BCUT2D eigenvalue weighted by Gasteiger charge is -2.19. The summed E-state index contributed by atoms with van der Waals surface area (Å²) < 4.78 is 5.57. The molecule has 7 heteroatoms. The van der Waals surface area contributed by atoms with Crippen LogP contribution in [0.5, 0.6) is 0 Å². The third-order valence-electron chi connectivity index (χ3n) is 4.56. The molecule has 3 aliphatic heterocycles. The van der Waals surface area contributed by atoms with Gasteiger partial charge in [-0.3, -0.25) is 19.7 Å². The van der Waals surface area contributed by atoms with Gasteiger partial charge in [-0.2, -0.15) is 0 Å². The van der Waals surface area contributed by atoms with E-state index in [1.807, 2.05) is 0 Å². The molecule has 3 heterocycles. The number of anilines is 1. The monoisotopic (exact) mass is 300 g/mol. The molecular weight excluding hydrogens is 288 g/mol. The fraction of sp³-hybridized carbons (Fsp3) is 0.333. The Hall–Kier alpha value is -2.54. The maximum Gasteiger partial charge on any atom is 0.271 e. The largest absolute Gasteiger partial charge is 0.365 e. The van der Waals surface area contributed by atoms with Crippen LogP contribution < -0.4 is 4.90 Å². The molecule has 112 valence electrons. The second-order valence-electron chi connectivity index (χ2n) is 5.74. The smallest absolute Gasteiger partial charge is 0.271 e. The Kier molecular flexibility index (Phi) is 2.53. The van der Waals surface area contributed by atoms with Crippen LogP contribution in [0.25, 0.3) is 0 Å². The molecule has 0 spiro atoms. The lowest BCUT2D eigenvalue weighted by Crippen LogP contribution is -2.34. The molecule has 2 amide bonds. The summed E-state index contributed by atoms with van der Waals surface area (Å²) in [4.78, 5) is 36.8. The number of fused-ring (bicyclic) bond motifs is 5. The third-order valence-corrected chi connectivity index (χ3v) is 4.56. The van der Waals surface area contributed by atoms with Crippen LogP contribution in [0.4, 0.5) is 11.4 Å². The predicted molar refractivity (Wildman–Crippen MR) is 75.1 cm³/mol. The molecule has 2 fully saturated rings. The number of benzene rings is 1. The van der Waals surface area contributed by atoms with Crippen molar-refractivity contribution in [3.05, 3.63) is 46.0 Å². The van der Waals surface area contributed by atoms with Crippen molar-refractivity contribution in [2.24, 2.45) is 11.8 Å². The number of ether oxygens (including phenoxy) is 1. The average Bonchev–Trinajstić information content (AvgIpc) is 3.14. The van der Waals surface area contributed by atoms with Crippen molar-refractivity contribution < 1.29 is 19.2 Å². The van der Waals surface area contributed by atoms with Crippen LogP contribution in [0.15, 0.2) is 30.4 Å². The minimum Gasteiger partial charge on any atom is -0.365 e. The Labute approximate surface area is 125 Å². The molecule has 0 aliphatic carbocycles. The molecule has 7 nitrogen and oxygen atoms in total. The van der Waals surface area contributed by atoms with E-state index < -0.39 is 16.8 Å². The van der Waals surface area contributed by atoms with Gasteiger partial charge in [0.1, 0.15) is 0 Å². The molecule has 2 bridgehead atoms. The highest BCUT2D eigenvalue weighted by atomic mass is 16.6. The summed E-state index contributed by atoms with van der Waals surface area (Å²) in [6.07, 6.45) is 2.88. The molecule has 0 N–H and O–H groups in total. The number of hydrogen-bond donors (Lipinski definition) is 0. The first-order chi connectivity index (χ1) is 10.5. The lowest BCUT2D eigenvalue weighted by atomic mass is 9.85. The van der Waals surface area contributed by atoms with Gasteiger partial charge in [0, 0.05) is 12.1 Å². The van der Waals surface area contributed by atoms with E-state index >= 15 is 0 Å². The molecule has 0 unspecified atom stereocenters.